The van der Waals surface area contributed by atoms with E-state index in [1.807, 2.05) is 0 Å². The molecule has 2 rings (SSSR count). The summed E-state index contributed by atoms with van der Waals surface area (Å²) in [5, 5.41) is 8.81. The van der Waals surface area contributed by atoms with E-state index in [9.17, 15) is 4.79 Å². The van der Waals surface area contributed by atoms with Gasteiger partial charge in [0.2, 0.25) is 0 Å². The molecular weight excluding hydrogens is 220 g/mol. The van der Waals surface area contributed by atoms with Crippen molar-refractivity contribution >= 4 is 17.7 Å². The van der Waals surface area contributed by atoms with Crippen LogP contribution >= 0.6 is 11.8 Å². The summed E-state index contributed by atoms with van der Waals surface area (Å²) >= 11 is 1.78. The monoisotopic (exact) mass is 236 g/mol. The Hall–Kier alpha value is -0.960. The summed E-state index contributed by atoms with van der Waals surface area (Å²) in [7, 11) is 0. The summed E-state index contributed by atoms with van der Waals surface area (Å²) in [6.07, 6.45) is 2.46. The molecule has 1 aliphatic carbocycles. The van der Waals surface area contributed by atoms with Crippen LogP contribution in [0.25, 0.3) is 0 Å². The van der Waals surface area contributed by atoms with E-state index in [2.05, 4.69) is 31.2 Å². The van der Waals surface area contributed by atoms with Gasteiger partial charge in [-0.15, -0.1) is 11.8 Å². The highest BCUT2D eigenvalue weighted by Crippen LogP contribution is 2.51. The van der Waals surface area contributed by atoms with Crippen LogP contribution in [0.2, 0.25) is 0 Å². The summed E-state index contributed by atoms with van der Waals surface area (Å²) in [4.78, 5) is 11.9. The number of hydrogen-bond acceptors (Lipinski definition) is 2. The van der Waals surface area contributed by atoms with E-state index < -0.39 is 5.97 Å². The Morgan fingerprint density at radius 2 is 2.00 bits per heavy atom. The Bertz CT molecular complexity index is 379. The van der Waals surface area contributed by atoms with Crippen LogP contribution in [0.3, 0.4) is 0 Å². The average molecular weight is 236 g/mol. The molecule has 0 aromatic heterocycles. The highest BCUT2D eigenvalue weighted by atomic mass is 32.2. The van der Waals surface area contributed by atoms with E-state index in [1.54, 1.807) is 11.8 Å². The van der Waals surface area contributed by atoms with Crippen molar-refractivity contribution in [3.63, 3.8) is 0 Å². The first kappa shape index (κ1) is 11.5. The second-order valence-electron chi connectivity index (χ2n) is 4.67. The van der Waals surface area contributed by atoms with Gasteiger partial charge in [-0.3, -0.25) is 4.79 Å². The number of hydrogen-bond donors (Lipinski definition) is 1. The molecule has 0 unspecified atom stereocenters. The minimum absolute atomic E-state index is 0.0847. The molecule has 1 aromatic carbocycles. The molecule has 1 fully saturated rings. The molecule has 0 atom stereocenters. The third kappa shape index (κ3) is 3.01. The maximum atomic E-state index is 10.7. The van der Waals surface area contributed by atoms with Gasteiger partial charge in [-0.2, -0.15) is 0 Å². The fraction of sp³-hybridized carbons (Fsp3) is 0.462. The van der Waals surface area contributed by atoms with Crippen molar-refractivity contribution in [1.29, 1.82) is 0 Å². The first-order valence-electron chi connectivity index (χ1n) is 5.51. The summed E-state index contributed by atoms with van der Waals surface area (Å²) in [5.41, 5.74) is 1.34. The van der Waals surface area contributed by atoms with Crippen LogP contribution in [0.15, 0.2) is 29.2 Å². The molecule has 0 saturated heterocycles. The lowest BCUT2D eigenvalue weighted by molar-refractivity contribution is -0.138. The van der Waals surface area contributed by atoms with Crippen molar-refractivity contribution in [2.75, 3.05) is 5.75 Å². The van der Waals surface area contributed by atoms with Crippen molar-refractivity contribution < 1.29 is 9.90 Å². The molecule has 2 nitrogen and oxygen atoms in total. The number of thioether (sulfide) groups is 1. The quantitative estimate of drug-likeness (QED) is 0.797. The van der Waals surface area contributed by atoms with Crippen molar-refractivity contribution in [3.05, 3.63) is 29.8 Å². The molecule has 1 aliphatic rings. The van der Waals surface area contributed by atoms with Gasteiger partial charge in [0.1, 0.15) is 0 Å². The zero-order chi connectivity index (χ0) is 11.6. The Balaban J connectivity index is 1.87. The maximum Gasteiger partial charge on any atom is 0.303 e. The second-order valence-corrected chi connectivity index (χ2v) is 5.72. The molecule has 16 heavy (non-hydrogen) atoms. The number of aliphatic carboxylic acids is 1. The molecule has 0 aliphatic heterocycles. The smallest absolute Gasteiger partial charge is 0.303 e. The average Bonchev–Trinajstić information content (AvgIpc) is 2.97. The zero-order valence-electron chi connectivity index (χ0n) is 9.40. The molecule has 0 bridgehead atoms. The third-order valence-corrected chi connectivity index (χ3v) is 4.41. The van der Waals surface area contributed by atoms with E-state index in [4.69, 9.17) is 5.11 Å². The Kier molecular flexibility index (Phi) is 3.24. The van der Waals surface area contributed by atoms with Crippen LogP contribution in [0.1, 0.15) is 24.8 Å². The summed E-state index contributed by atoms with van der Waals surface area (Å²) in [6, 6.07) is 8.41. The maximum absolute atomic E-state index is 10.7. The molecule has 1 saturated carbocycles. The summed E-state index contributed by atoms with van der Waals surface area (Å²) in [6.45, 7) is 2.07. The highest BCUT2D eigenvalue weighted by Gasteiger charge is 2.44. The first-order valence-corrected chi connectivity index (χ1v) is 6.50. The van der Waals surface area contributed by atoms with Gasteiger partial charge in [0.25, 0.3) is 0 Å². The SMILES string of the molecule is Cc1ccc(SCC2(CC(=O)O)CC2)cc1. The predicted molar refractivity (Wildman–Crippen MR) is 65.8 cm³/mol. The van der Waals surface area contributed by atoms with Gasteiger partial charge in [0.05, 0.1) is 6.42 Å². The normalized spacial score (nSPS) is 17.1. The molecule has 0 amide bonds. The second kappa shape index (κ2) is 4.50. The molecule has 3 heteroatoms. The van der Waals surface area contributed by atoms with Crippen molar-refractivity contribution in [2.45, 2.75) is 31.1 Å². The van der Waals surface area contributed by atoms with E-state index in [0.717, 1.165) is 18.6 Å². The molecule has 0 heterocycles. The molecular formula is C13H16O2S. The third-order valence-electron chi connectivity index (χ3n) is 3.05. The number of rotatable bonds is 5. The van der Waals surface area contributed by atoms with Crippen molar-refractivity contribution in [1.82, 2.24) is 0 Å². The highest BCUT2D eigenvalue weighted by molar-refractivity contribution is 7.99. The molecule has 0 radical (unpaired) electrons. The minimum Gasteiger partial charge on any atom is -0.481 e. The van der Waals surface area contributed by atoms with Crippen LogP contribution in [0.5, 0.6) is 0 Å². The van der Waals surface area contributed by atoms with Gasteiger partial charge in [-0.25, -0.2) is 0 Å². The first-order chi connectivity index (χ1) is 7.60. The summed E-state index contributed by atoms with van der Waals surface area (Å²) < 4.78 is 0. The van der Waals surface area contributed by atoms with Gasteiger partial charge in [-0.1, -0.05) is 17.7 Å². The zero-order valence-corrected chi connectivity index (χ0v) is 10.2. The Morgan fingerprint density at radius 1 is 1.38 bits per heavy atom. The van der Waals surface area contributed by atoms with E-state index >= 15 is 0 Å². The van der Waals surface area contributed by atoms with Gasteiger partial charge in [0, 0.05) is 10.6 Å². The molecule has 1 N–H and O–H groups in total. The fourth-order valence-corrected chi connectivity index (χ4v) is 2.93. The minimum atomic E-state index is -0.665. The fourth-order valence-electron chi connectivity index (χ4n) is 1.74. The lowest BCUT2D eigenvalue weighted by atomic mass is 10.1. The predicted octanol–water partition coefficient (Wildman–Crippen LogP) is 3.34. The van der Waals surface area contributed by atoms with Crippen LogP contribution in [0, 0.1) is 12.3 Å². The Morgan fingerprint density at radius 3 is 2.50 bits per heavy atom. The lowest BCUT2D eigenvalue weighted by Crippen LogP contribution is -2.10. The largest absolute Gasteiger partial charge is 0.481 e. The number of carbonyl (C=O) groups is 1. The number of aryl methyl sites for hydroxylation is 1. The number of carboxylic acids is 1. The van der Waals surface area contributed by atoms with Crippen LogP contribution in [0.4, 0.5) is 0 Å². The molecule has 1 aromatic rings. The van der Waals surface area contributed by atoms with Gasteiger partial charge < -0.3 is 5.11 Å². The van der Waals surface area contributed by atoms with Crippen LogP contribution < -0.4 is 0 Å². The van der Waals surface area contributed by atoms with Gasteiger partial charge in [0.15, 0.2) is 0 Å². The van der Waals surface area contributed by atoms with Crippen LogP contribution in [-0.4, -0.2) is 16.8 Å². The standard InChI is InChI=1S/C13H16O2S/c1-10-2-4-11(5-3-10)16-9-13(6-7-13)8-12(14)15/h2-5H,6-9H2,1H3,(H,14,15). The van der Waals surface area contributed by atoms with E-state index in [1.165, 1.54) is 10.5 Å². The van der Waals surface area contributed by atoms with Gasteiger partial charge in [-0.05, 0) is 37.3 Å². The van der Waals surface area contributed by atoms with Crippen molar-refractivity contribution in [2.24, 2.45) is 5.41 Å². The van der Waals surface area contributed by atoms with Gasteiger partial charge >= 0.3 is 5.97 Å². The lowest BCUT2D eigenvalue weighted by Gasteiger charge is -2.11. The van der Waals surface area contributed by atoms with E-state index in [-0.39, 0.29) is 5.41 Å². The summed E-state index contributed by atoms with van der Waals surface area (Å²) in [5.74, 6) is 0.268. The Labute approximate surface area is 100 Å². The number of benzene rings is 1. The molecule has 0 spiro atoms. The number of carboxylic acid groups (broad SMARTS) is 1. The van der Waals surface area contributed by atoms with E-state index in [0.29, 0.717) is 6.42 Å². The van der Waals surface area contributed by atoms with Crippen molar-refractivity contribution in [3.8, 4) is 0 Å². The topological polar surface area (TPSA) is 37.3 Å². The molecule has 86 valence electrons. The van der Waals surface area contributed by atoms with Crippen LogP contribution in [-0.2, 0) is 4.79 Å².